The molecule has 1 amide bonds. The standard InChI is InChI=1S/C17H23NO5/c1-12(11-15(20)22-2)16(17(21)23-3)18-14(19)10-9-13-7-5-4-6-8-13/h4-8,12,16H,9-11H2,1-3H3,(H,18,19)/t12-,16+/m0/s1. The van der Waals surface area contributed by atoms with Crippen LogP contribution in [0.25, 0.3) is 0 Å². The minimum Gasteiger partial charge on any atom is -0.469 e. The Kier molecular flexibility index (Phi) is 7.80. The summed E-state index contributed by atoms with van der Waals surface area (Å²) in [6, 6.07) is 8.72. The maximum Gasteiger partial charge on any atom is 0.328 e. The summed E-state index contributed by atoms with van der Waals surface area (Å²) in [6.45, 7) is 1.69. The van der Waals surface area contributed by atoms with E-state index in [1.807, 2.05) is 30.3 Å². The van der Waals surface area contributed by atoms with E-state index in [-0.39, 0.29) is 18.7 Å². The summed E-state index contributed by atoms with van der Waals surface area (Å²) >= 11 is 0. The van der Waals surface area contributed by atoms with Crippen molar-refractivity contribution in [2.24, 2.45) is 5.92 Å². The smallest absolute Gasteiger partial charge is 0.328 e. The zero-order valence-electron chi connectivity index (χ0n) is 13.7. The molecule has 1 aromatic rings. The molecule has 0 unspecified atom stereocenters. The van der Waals surface area contributed by atoms with Gasteiger partial charge in [0, 0.05) is 6.42 Å². The maximum atomic E-state index is 12.1. The Morgan fingerprint density at radius 1 is 1.09 bits per heavy atom. The van der Waals surface area contributed by atoms with Gasteiger partial charge >= 0.3 is 11.9 Å². The van der Waals surface area contributed by atoms with Crippen molar-refractivity contribution in [2.45, 2.75) is 32.2 Å². The predicted molar refractivity (Wildman–Crippen MR) is 84.5 cm³/mol. The summed E-state index contributed by atoms with van der Waals surface area (Å²) in [7, 11) is 2.52. The highest BCUT2D eigenvalue weighted by molar-refractivity contribution is 5.85. The van der Waals surface area contributed by atoms with Gasteiger partial charge in [-0.15, -0.1) is 0 Å². The molecule has 0 bridgehead atoms. The molecule has 6 nitrogen and oxygen atoms in total. The molecule has 0 radical (unpaired) electrons. The van der Waals surface area contributed by atoms with Gasteiger partial charge in [-0.2, -0.15) is 0 Å². The number of amides is 1. The van der Waals surface area contributed by atoms with E-state index in [9.17, 15) is 14.4 Å². The molecule has 0 spiro atoms. The van der Waals surface area contributed by atoms with Gasteiger partial charge in [0.05, 0.1) is 20.6 Å². The second-order valence-corrected chi connectivity index (χ2v) is 5.31. The third-order valence-corrected chi connectivity index (χ3v) is 3.54. The first-order valence-electron chi connectivity index (χ1n) is 7.45. The van der Waals surface area contributed by atoms with E-state index < -0.39 is 23.9 Å². The molecule has 23 heavy (non-hydrogen) atoms. The number of methoxy groups -OCH3 is 2. The highest BCUT2D eigenvalue weighted by Crippen LogP contribution is 2.12. The van der Waals surface area contributed by atoms with Gasteiger partial charge < -0.3 is 14.8 Å². The first-order chi connectivity index (χ1) is 11.0. The van der Waals surface area contributed by atoms with E-state index in [0.29, 0.717) is 6.42 Å². The minimum absolute atomic E-state index is 0.0230. The average Bonchev–Trinajstić information content (AvgIpc) is 2.57. The van der Waals surface area contributed by atoms with Gasteiger partial charge in [-0.3, -0.25) is 9.59 Å². The number of carbonyl (C=O) groups is 3. The van der Waals surface area contributed by atoms with Crippen LogP contribution in [0.5, 0.6) is 0 Å². The fraction of sp³-hybridized carbons (Fsp3) is 0.471. The Morgan fingerprint density at radius 3 is 2.30 bits per heavy atom. The molecule has 1 N–H and O–H groups in total. The van der Waals surface area contributed by atoms with E-state index in [0.717, 1.165) is 5.56 Å². The molecule has 126 valence electrons. The molecule has 1 aromatic carbocycles. The van der Waals surface area contributed by atoms with Crippen LogP contribution in [0.15, 0.2) is 30.3 Å². The van der Waals surface area contributed by atoms with Crippen molar-refractivity contribution < 1.29 is 23.9 Å². The lowest BCUT2D eigenvalue weighted by atomic mass is 9.98. The Morgan fingerprint density at radius 2 is 1.74 bits per heavy atom. The van der Waals surface area contributed by atoms with Gasteiger partial charge in [-0.05, 0) is 17.9 Å². The fourth-order valence-corrected chi connectivity index (χ4v) is 2.17. The third kappa shape index (κ3) is 6.50. The van der Waals surface area contributed by atoms with Crippen LogP contribution in [-0.4, -0.2) is 38.1 Å². The molecule has 0 fully saturated rings. The molecule has 2 atom stereocenters. The Hall–Kier alpha value is -2.37. The lowest BCUT2D eigenvalue weighted by Gasteiger charge is -2.22. The molecule has 0 aromatic heterocycles. The number of rotatable bonds is 8. The highest BCUT2D eigenvalue weighted by Gasteiger charge is 2.29. The number of ether oxygens (including phenoxy) is 2. The second kappa shape index (κ2) is 9.61. The monoisotopic (exact) mass is 321 g/mol. The van der Waals surface area contributed by atoms with Crippen molar-refractivity contribution in [1.29, 1.82) is 0 Å². The van der Waals surface area contributed by atoms with Crippen molar-refractivity contribution in [2.75, 3.05) is 14.2 Å². The molecule has 0 saturated carbocycles. The first kappa shape index (κ1) is 18.7. The summed E-state index contributed by atoms with van der Waals surface area (Å²) in [5, 5.41) is 2.65. The van der Waals surface area contributed by atoms with Crippen LogP contribution in [-0.2, 0) is 30.3 Å². The van der Waals surface area contributed by atoms with Gasteiger partial charge in [0.25, 0.3) is 0 Å². The Balaban J connectivity index is 2.60. The van der Waals surface area contributed by atoms with E-state index in [2.05, 4.69) is 10.1 Å². The number of esters is 2. The summed E-state index contributed by atoms with van der Waals surface area (Å²) in [5.41, 5.74) is 1.04. The molecular formula is C17H23NO5. The third-order valence-electron chi connectivity index (χ3n) is 3.54. The number of benzene rings is 1. The number of carbonyl (C=O) groups excluding carboxylic acids is 3. The van der Waals surface area contributed by atoms with Crippen molar-refractivity contribution in [3.05, 3.63) is 35.9 Å². The highest BCUT2D eigenvalue weighted by atomic mass is 16.5. The van der Waals surface area contributed by atoms with Gasteiger partial charge in [0.15, 0.2) is 0 Å². The van der Waals surface area contributed by atoms with E-state index in [1.54, 1.807) is 6.92 Å². The Bertz CT molecular complexity index is 529. The van der Waals surface area contributed by atoms with Crippen molar-refractivity contribution in [1.82, 2.24) is 5.32 Å². The van der Waals surface area contributed by atoms with Crippen LogP contribution in [0.2, 0.25) is 0 Å². The zero-order valence-corrected chi connectivity index (χ0v) is 13.7. The fourth-order valence-electron chi connectivity index (χ4n) is 2.17. The molecule has 0 aliphatic rings. The van der Waals surface area contributed by atoms with Crippen LogP contribution in [0.3, 0.4) is 0 Å². The van der Waals surface area contributed by atoms with Crippen LogP contribution in [0, 0.1) is 5.92 Å². The van der Waals surface area contributed by atoms with Crippen LogP contribution >= 0.6 is 0 Å². The van der Waals surface area contributed by atoms with Crippen LogP contribution in [0.4, 0.5) is 0 Å². The summed E-state index contributed by atoms with van der Waals surface area (Å²) in [4.78, 5) is 35.3. The van der Waals surface area contributed by atoms with Crippen LogP contribution < -0.4 is 5.32 Å². The number of hydrogen-bond donors (Lipinski definition) is 1. The van der Waals surface area contributed by atoms with E-state index >= 15 is 0 Å². The molecule has 6 heteroatoms. The second-order valence-electron chi connectivity index (χ2n) is 5.31. The minimum atomic E-state index is -0.873. The van der Waals surface area contributed by atoms with E-state index in [4.69, 9.17) is 4.74 Å². The SMILES string of the molecule is COC(=O)C[C@H](C)[C@@H](NC(=O)CCc1ccccc1)C(=O)OC. The lowest BCUT2D eigenvalue weighted by Crippen LogP contribution is -2.46. The largest absolute Gasteiger partial charge is 0.469 e. The average molecular weight is 321 g/mol. The molecule has 0 saturated heterocycles. The summed E-state index contributed by atoms with van der Waals surface area (Å²) in [5.74, 6) is -1.70. The molecule has 1 rings (SSSR count). The summed E-state index contributed by atoms with van der Waals surface area (Å²) in [6.07, 6.45) is 0.851. The molecule has 0 aliphatic heterocycles. The Labute approximate surface area is 136 Å². The molecule has 0 heterocycles. The number of hydrogen-bond acceptors (Lipinski definition) is 5. The quantitative estimate of drug-likeness (QED) is 0.733. The normalized spacial score (nSPS) is 12.8. The van der Waals surface area contributed by atoms with E-state index in [1.165, 1.54) is 14.2 Å². The molecule has 0 aliphatic carbocycles. The molecular weight excluding hydrogens is 298 g/mol. The van der Waals surface area contributed by atoms with Crippen LogP contribution in [0.1, 0.15) is 25.3 Å². The first-order valence-corrected chi connectivity index (χ1v) is 7.45. The van der Waals surface area contributed by atoms with Crippen molar-refractivity contribution in [3.63, 3.8) is 0 Å². The van der Waals surface area contributed by atoms with Crippen molar-refractivity contribution >= 4 is 17.8 Å². The van der Waals surface area contributed by atoms with Gasteiger partial charge in [-0.25, -0.2) is 4.79 Å². The van der Waals surface area contributed by atoms with Crippen molar-refractivity contribution in [3.8, 4) is 0 Å². The zero-order chi connectivity index (χ0) is 17.2. The number of nitrogens with one attached hydrogen (secondary N) is 1. The summed E-state index contributed by atoms with van der Waals surface area (Å²) < 4.78 is 9.30. The predicted octanol–water partition coefficient (Wildman–Crippen LogP) is 1.48. The maximum absolute atomic E-state index is 12.1. The van der Waals surface area contributed by atoms with Gasteiger partial charge in [-0.1, -0.05) is 37.3 Å². The lowest BCUT2D eigenvalue weighted by molar-refractivity contribution is -0.148. The number of aryl methyl sites for hydroxylation is 1. The topological polar surface area (TPSA) is 81.7 Å². The van der Waals surface area contributed by atoms with Gasteiger partial charge in [0.1, 0.15) is 6.04 Å². The van der Waals surface area contributed by atoms with Gasteiger partial charge in [0.2, 0.25) is 5.91 Å².